The molecule has 0 fully saturated rings. The molecule has 0 bridgehead atoms. The Balaban J connectivity index is 2.06. The number of carbonyl (C=O) groups excluding carboxylic acids is 1. The molecule has 0 heterocycles. The summed E-state index contributed by atoms with van der Waals surface area (Å²) in [5, 5.41) is 6.45. The van der Waals surface area contributed by atoms with Gasteiger partial charge in [-0.15, -0.1) is 0 Å². The van der Waals surface area contributed by atoms with Crippen LogP contribution < -0.4 is 15.4 Å². The molecule has 21 heavy (non-hydrogen) atoms. The minimum absolute atomic E-state index is 0.105. The lowest BCUT2D eigenvalue weighted by Crippen LogP contribution is -2.17. The fourth-order valence-electron chi connectivity index (χ4n) is 1.94. The second-order valence-corrected chi connectivity index (χ2v) is 4.89. The number of rotatable bonds is 5. The molecule has 5 heteroatoms. The predicted molar refractivity (Wildman–Crippen MR) is 85.2 cm³/mol. The van der Waals surface area contributed by atoms with E-state index in [1.807, 2.05) is 36.4 Å². The highest BCUT2D eigenvalue weighted by Gasteiger charge is 2.04. The van der Waals surface area contributed by atoms with E-state index in [2.05, 4.69) is 10.6 Å². The number of nitrogens with one attached hydrogen (secondary N) is 2. The van der Waals surface area contributed by atoms with E-state index in [9.17, 15) is 4.79 Å². The van der Waals surface area contributed by atoms with Gasteiger partial charge in [0.25, 0.3) is 5.91 Å². The van der Waals surface area contributed by atoms with Crippen LogP contribution in [-0.4, -0.2) is 20.1 Å². The third-order valence-electron chi connectivity index (χ3n) is 3.06. The molecule has 0 saturated carbocycles. The summed E-state index contributed by atoms with van der Waals surface area (Å²) in [7, 11) is 3.20. The Labute approximate surface area is 129 Å². The molecule has 110 valence electrons. The Kier molecular flexibility index (Phi) is 5.06. The average molecular weight is 305 g/mol. The average Bonchev–Trinajstić information content (AvgIpc) is 2.52. The maximum atomic E-state index is 11.6. The van der Waals surface area contributed by atoms with Crippen LogP contribution in [0.4, 0.5) is 5.69 Å². The zero-order chi connectivity index (χ0) is 15.2. The zero-order valence-corrected chi connectivity index (χ0v) is 12.7. The van der Waals surface area contributed by atoms with E-state index in [-0.39, 0.29) is 5.91 Å². The van der Waals surface area contributed by atoms with E-state index in [4.69, 9.17) is 16.3 Å². The number of carbonyl (C=O) groups is 1. The van der Waals surface area contributed by atoms with Crippen LogP contribution in [-0.2, 0) is 6.54 Å². The lowest BCUT2D eigenvalue weighted by atomic mass is 10.1. The third kappa shape index (κ3) is 3.89. The van der Waals surface area contributed by atoms with Crippen LogP contribution in [0.3, 0.4) is 0 Å². The largest absolute Gasteiger partial charge is 0.495 e. The van der Waals surface area contributed by atoms with Gasteiger partial charge in [-0.05, 0) is 35.9 Å². The summed E-state index contributed by atoms with van der Waals surface area (Å²) in [4.78, 5) is 11.6. The van der Waals surface area contributed by atoms with Gasteiger partial charge in [-0.3, -0.25) is 4.79 Å². The maximum Gasteiger partial charge on any atom is 0.251 e. The van der Waals surface area contributed by atoms with Gasteiger partial charge in [-0.25, -0.2) is 0 Å². The number of hydrogen-bond donors (Lipinski definition) is 2. The van der Waals surface area contributed by atoms with Crippen molar-refractivity contribution in [2.45, 2.75) is 6.54 Å². The molecule has 2 rings (SSSR count). The van der Waals surface area contributed by atoms with Gasteiger partial charge in [0.1, 0.15) is 5.75 Å². The summed E-state index contributed by atoms with van der Waals surface area (Å²) in [6, 6.07) is 13.0. The Hall–Kier alpha value is -2.20. The maximum absolute atomic E-state index is 11.6. The van der Waals surface area contributed by atoms with Gasteiger partial charge < -0.3 is 15.4 Å². The summed E-state index contributed by atoms with van der Waals surface area (Å²) in [6.07, 6.45) is 0. The number of halogens is 1. The van der Waals surface area contributed by atoms with Crippen molar-refractivity contribution in [3.8, 4) is 5.75 Å². The standard InChI is InChI=1S/C16H17ClN2O2/c1-18-16(20)12-4-3-5-13(9-12)19-10-11-6-7-15(21-2)14(17)8-11/h3-9,19H,10H2,1-2H3,(H,18,20). The highest BCUT2D eigenvalue weighted by Crippen LogP contribution is 2.25. The molecule has 2 aromatic rings. The number of ether oxygens (including phenoxy) is 1. The van der Waals surface area contributed by atoms with Crippen LogP contribution in [0.25, 0.3) is 0 Å². The summed E-state index contributed by atoms with van der Waals surface area (Å²) in [5.41, 5.74) is 2.53. The van der Waals surface area contributed by atoms with Gasteiger partial charge in [0.2, 0.25) is 0 Å². The second-order valence-electron chi connectivity index (χ2n) is 4.48. The van der Waals surface area contributed by atoms with E-state index in [0.717, 1.165) is 11.3 Å². The van der Waals surface area contributed by atoms with Gasteiger partial charge in [0.05, 0.1) is 12.1 Å². The number of amides is 1. The van der Waals surface area contributed by atoms with Gasteiger partial charge in [-0.1, -0.05) is 23.7 Å². The van der Waals surface area contributed by atoms with Crippen molar-refractivity contribution >= 4 is 23.2 Å². The first-order valence-electron chi connectivity index (χ1n) is 6.52. The van der Waals surface area contributed by atoms with Crippen LogP contribution in [0.1, 0.15) is 15.9 Å². The molecule has 2 N–H and O–H groups in total. The lowest BCUT2D eigenvalue weighted by Gasteiger charge is -2.10. The molecular formula is C16H17ClN2O2. The van der Waals surface area contributed by atoms with E-state index in [1.54, 1.807) is 20.2 Å². The zero-order valence-electron chi connectivity index (χ0n) is 11.9. The first-order valence-corrected chi connectivity index (χ1v) is 6.90. The van der Waals surface area contributed by atoms with Crippen molar-refractivity contribution in [1.82, 2.24) is 5.32 Å². The molecular weight excluding hydrogens is 288 g/mol. The van der Waals surface area contributed by atoms with Crippen LogP contribution in [0.2, 0.25) is 5.02 Å². The predicted octanol–water partition coefficient (Wildman–Crippen LogP) is 3.32. The van der Waals surface area contributed by atoms with Crippen molar-refractivity contribution in [2.24, 2.45) is 0 Å². The lowest BCUT2D eigenvalue weighted by molar-refractivity contribution is 0.0963. The molecule has 0 aliphatic carbocycles. The van der Waals surface area contributed by atoms with Crippen LogP contribution in [0, 0.1) is 0 Å². The molecule has 0 saturated heterocycles. The molecule has 0 aliphatic rings. The second kappa shape index (κ2) is 6.99. The molecule has 0 aromatic heterocycles. The first-order chi connectivity index (χ1) is 10.1. The molecule has 0 aliphatic heterocycles. The van der Waals surface area contributed by atoms with Crippen molar-refractivity contribution in [3.05, 3.63) is 58.6 Å². The van der Waals surface area contributed by atoms with Gasteiger partial charge >= 0.3 is 0 Å². The topological polar surface area (TPSA) is 50.4 Å². The Morgan fingerprint density at radius 2 is 2.05 bits per heavy atom. The number of hydrogen-bond acceptors (Lipinski definition) is 3. The fraction of sp³-hybridized carbons (Fsp3) is 0.188. The summed E-state index contributed by atoms with van der Waals surface area (Å²) >= 11 is 6.09. The normalized spacial score (nSPS) is 10.0. The summed E-state index contributed by atoms with van der Waals surface area (Å²) in [6.45, 7) is 0.612. The SMILES string of the molecule is CNC(=O)c1cccc(NCc2ccc(OC)c(Cl)c2)c1. The Morgan fingerprint density at radius 1 is 1.24 bits per heavy atom. The Morgan fingerprint density at radius 3 is 2.71 bits per heavy atom. The van der Waals surface area contributed by atoms with Crippen LogP contribution in [0.5, 0.6) is 5.75 Å². The monoisotopic (exact) mass is 304 g/mol. The van der Waals surface area contributed by atoms with Crippen molar-refractivity contribution < 1.29 is 9.53 Å². The van der Waals surface area contributed by atoms with Gasteiger partial charge in [0.15, 0.2) is 0 Å². The minimum atomic E-state index is -0.105. The van der Waals surface area contributed by atoms with E-state index in [0.29, 0.717) is 22.9 Å². The number of anilines is 1. The van der Waals surface area contributed by atoms with Crippen LogP contribution >= 0.6 is 11.6 Å². The van der Waals surface area contributed by atoms with Crippen molar-refractivity contribution in [1.29, 1.82) is 0 Å². The highest BCUT2D eigenvalue weighted by atomic mass is 35.5. The van der Waals surface area contributed by atoms with E-state index < -0.39 is 0 Å². The first kappa shape index (κ1) is 15.2. The summed E-state index contributed by atoms with van der Waals surface area (Å²) in [5.74, 6) is 0.549. The molecule has 0 atom stereocenters. The molecule has 0 unspecified atom stereocenters. The molecule has 4 nitrogen and oxygen atoms in total. The summed E-state index contributed by atoms with van der Waals surface area (Å²) < 4.78 is 5.12. The fourth-order valence-corrected chi connectivity index (χ4v) is 2.22. The molecule has 0 radical (unpaired) electrons. The quantitative estimate of drug-likeness (QED) is 0.891. The van der Waals surface area contributed by atoms with Crippen LogP contribution in [0.15, 0.2) is 42.5 Å². The van der Waals surface area contributed by atoms with Gasteiger partial charge in [0, 0.05) is 24.8 Å². The Bertz CT molecular complexity index is 644. The van der Waals surface area contributed by atoms with Crippen molar-refractivity contribution in [3.63, 3.8) is 0 Å². The number of methoxy groups -OCH3 is 1. The molecule has 1 amide bonds. The van der Waals surface area contributed by atoms with E-state index in [1.165, 1.54) is 0 Å². The minimum Gasteiger partial charge on any atom is -0.495 e. The third-order valence-corrected chi connectivity index (χ3v) is 3.36. The molecule has 0 spiro atoms. The molecule has 2 aromatic carbocycles. The van der Waals surface area contributed by atoms with E-state index >= 15 is 0 Å². The van der Waals surface area contributed by atoms with Crippen molar-refractivity contribution in [2.75, 3.05) is 19.5 Å². The smallest absolute Gasteiger partial charge is 0.251 e. The number of benzene rings is 2. The highest BCUT2D eigenvalue weighted by molar-refractivity contribution is 6.32. The van der Waals surface area contributed by atoms with Gasteiger partial charge in [-0.2, -0.15) is 0 Å².